The van der Waals surface area contributed by atoms with E-state index >= 15 is 0 Å². The molecule has 0 aliphatic heterocycles. The number of nitro groups is 1. The summed E-state index contributed by atoms with van der Waals surface area (Å²) >= 11 is 0. The summed E-state index contributed by atoms with van der Waals surface area (Å²) in [5, 5.41) is 11.1. The lowest BCUT2D eigenvalue weighted by Gasteiger charge is -2.20. The summed E-state index contributed by atoms with van der Waals surface area (Å²) in [4.78, 5) is 10.9. The quantitative estimate of drug-likeness (QED) is 0.626. The van der Waals surface area contributed by atoms with E-state index in [4.69, 9.17) is 4.74 Å². The Morgan fingerprint density at radius 3 is 2.22 bits per heavy atom. The number of methoxy groups -OCH3 is 1. The van der Waals surface area contributed by atoms with Crippen LogP contribution >= 0.6 is 0 Å². The maximum Gasteiger partial charge on any atom is 0.312 e. The van der Waals surface area contributed by atoms with Crippen LogP contribution in [0.15, 0.2) is 17.0 Å². The van der Waals surface area contributed by atoms with Gasteiger partial charge in [-0.05, 0) is 17.0 Å². The molecule has 0 saturated carbocycles. The van der Waals surface area contributed by atoms with Crippen LogP contribution in [0.3, 0.4) is 0 Å². The average Bonchev–Trinajstić information content (AvgIpc) is 2.25. The SMILES string of the molecule is COc1c([N+](=O)[O-])cc(C(C)(C)C)cc1[S@@](C)=O. The summed E-state index contributed by atoms with van der Waals surface area (Å²) in [6.07, 6.45) is 1.48. The van der Waals surface area contributed by atoms with Crippen LogP contribution in [0.1, 0.15) is 26.3 Å². The molecule has 100 valence electrons. The topological polar surface area (TPSA) is 69.4 Å². The maximum atomic E-state index is 11.7. The fourth-order valence-corrected chi connectivity index (χ4v) is 2.32. The second-order valence-corrected chi connectivity index (χ2v) is 6.34. The molecule has 5 nitrogen and oxygen atoms in total. The first-order chi connectivity index (χ1) is 8.18. The first-order valence-corrected chi connectivity index (χ1v) is 6.94. The highest BCUT2D eigenvalue weighted by Gasteiger charge is 2.26. The van der Waals surface area contributed by atoms with E-state index in [1.807, 2.05) is 20.8 Å². The minimum absolute atomic E-state index is 0.0776. The van der Waals surface area contributed by atoms with Crippen LogP contribution < -0.4 is 4.74 Å². The van der Waals surface area contributed by atoms with E-state index < -0.39 is 15.7 Å². The van der Waals surface area contributed by atoms with Crippen molar-refractivity contribution in [2.24, 2.45) is 0 Å². The molecular formula is C12H17NO4S. The lowest BCUT2D eigenvalue weighted by Crippen LogP contribution is -2.13. The molecule has 0 heterocycles. The third-order valence-corrected chi connectivity index (χ3v) is 3.53. The van der Waals surface area contributed by atoms with Gasteiger partial charge < -0.3 is 4.74 Å². The van der Waals surface area contributed by atoms with Crippen molar-refractivity contribution in [3.63, 3.8) is 0 Å². The van der Waals surface area contributed by atoms with E-state index in [0.717, 1.165) is 5.56 Å². The smallest absolute Gasteiger partial charge is 0.312 e. The lowest BCUT2D eigenvalue weighted by atomic mass is 9.87. The van der Waals surface area contributed by atoms with E-state index in [9.17, 15) is 14.3 Å². The van der Waals surface area contributed by atoms with E-state index in [1.165, 1.54) is 19.4 Å². The Balaban J connectivity index is 3.65. The van der Waals surface area contributed by atoms with Crippen LogP contribution in [0.4, 0.5) is 5.69 Å². The van der Waals surface area contributed by atoms with Gasteiger partial charge >= 0.3 is 5.69 Å². The molecule has 0 aliphatic rings. The van der Waals surface area contributed by atoms with Crippen molar-refractivity contribution in [3.8, 4) is 5.75 Å². The van der Waals surface area contributed by atoms with Crippen molar-refractivity contribution < 1.29 is 13.9 Å². The zero-order valence-corrected chi connectivity index (χ0v) is 12.0. The van der Waals surface area contributed by atoms with Gasteiger partial charge in [-0.2, -0.15) is 0 Å². The highest BCUT2D eigenvalue weighted by molar-refractivity contribution is 7.84. The monoisotopic (exact) mass is 271 g/mol. The Hall–Kier alpha value is -1.43. The minimum Gasteiger partial charge on any atom is -0.489 e. The molecule has 1 aromatic rings. The third-order valence-electron chi connectivity index (χ3n) is 2.61. The first kappa shape index (κ1) is 14.6. The molecule has 6 heteroatoms. The van der Waals surface area contributed by atoms with Crippen molar-refractivity contribution >= 4 is 16.5 Å². The lowest BCUT2D eigenvalue weighted by molar-refractivity contribution is -0.386. The van der Waals surface area contributed by atoms with Crippen molar-refractivity contribution in [2.75, 3.05) is 13.4 Å². The number of benzene rings is 1. The zero-order chi connectivity index (χ0) is 14.1. The Kier molecular flexibility index (Phi) is 4.11. The molecule has 0 saturated heterocycles. The van der Waals surface area contributed by atoms with Crippen LogP contribution in [0.25, 0.3) is 0 Å². The van der Waals surface area contributed by atoms with Gasteiger partial charge in [0.25, 0.3) is 0 Å². The Bertz CT molecular complexity index is 470. The van der Waals surface area contributed by atoms with Crippen molar-refractivity contribution in [1.82, 2.24) is 0 Å². The van der Waals surface area contributed by atoms with Gasteiger partial charge in [-0.25, -0.2) is 0 Å². The molecule has 1 rings (SSSR count). The van der Waals surface area contributed by atoms with Gasteiger partial charge in [0.1, 0.15) is 0 Å². The third kappa shape index (κ3) is 2.87. The van der Waals surface area contributed by atoms with E-state index in [1.54, 1.807) is 6.07 Å². The highest BCUT2D eigenvalue weighted by atomic mass is 32.2. The zero-order valence-electron chi connectivity index (χ0n) is 11.1. The summed E-state index contributed by atoms with van der Waals surface area (Å²) in [5.74, 6) is 0.0776. The molecule has 0 N–H and O–H groups in total. The second-order valence-electron chi connectivity index (χ2n) is 4.99. The van der Waals surface area contributed by atoms with Crippen LogP contribution in [-0.2, 0) is 16.2 Å². The number of hydrogen-bond acceptors (Lipinski definition) is 4. The molecule has 0 unspecified atom stereocenters. The molecule has 18 heavy (non-hydrogen) atoms. The fourth-order valence-electron chi connectivity index (χ4n) is 1.57. The normalized spacial score (nSPS) is 13.2. The summed E-state index contributed by atoms with van der Waals surface area (Å²) in [6.45, 7) is 5.84. The molecule has 1 aromatic carbocycles. The predicted octanol–water partition coefficient (Wildman–Crippen LogP) is 2.64. The van der Waals surface area contributed by atoms with Crippen molar-refractivity contribution in [3.05, 3.63) is 27.8 Å². The number of nitro benzene ring substituents is 1. The van der Waals surface area contributed by atoms with Crippen molar-refractivity contribution in [1.29, 1.82) is 0 Å². The van der Waals surface area contributed by atoms with Crippen molar-refractivity contribution in [2.45, 2.75) is 31.1 Å². The number of nitrogens with zero attached hydrogens (tertiary/aromatic N) is 1. The van der Waals surface area contributed by atoms with Gasteiger partial charge in [-0.15, -0.1) is 0 Å². The van der Waals surface area contributed by atoms with Crippen LogP contribution in [0.5, 0.6) is 5.75 Å². The summed E-state index contributed by atoms with van der Waals surface area (Å²) < 4.78 is 16.7. The number of ether oxygens (including phenoxy) is 1. The van der Waals surface area contributed by atoms with E-state index in [2.05, 4.69) is 0 Å². The molecular weight excluding hydrogens is 254 g/mol. The first-order valence-electron chi connectivity index (χ1n) is 5.38. The van der Waals surface area contributed by atoms with Gasteiger partial charge in [0.05, 0.1) is 27.7 Å². The van der Waals surface area contributed by atoms with E-state index in [0.29, 0.717) is 4.90 Å². The van der Waals surface area contributed by atoms with Gasteiger partial charge in [-0.3, -0.25) is 14.3 Å². The summed E-state index contributed by atoms with van der Waals surface area (Å²) in [6, 6.07) is 3.19. The number of rotatable bonds is 3. The second kappa shape index (κ2) is 5.06. The molecule has 0 bridgehead atoms. The number of hydrogen-bond donors (Lipinski definition) is 0. The Labute approximate surface area is 109 Å². The minimum atomic E-state index is -1.34. The Morgan fingerprint density at radius 1 is 1.33 bits per heavy atom. The molecule has 0 radical (unpaired) electrons. The maximum absolute atomic E-state index is 11.7. The molecule has 0 fully saturated rings. The summed E-state index contributed by atoms with van der Waals surface area (Å²) in [5.41, 5.74) is 0.362. The summed E-state index contributed by atoms with van der Waals surface area (Å²) in [7, 11) is 0.000970. The highest BCUT2D eigenvalue weighted by Crippen LogP contribution is 2.37. The standard InChI is InChI=1S/C12H17NO4S/c1-12(2,3)8-6-9(13(14)15)11(17-4)10(7-8)18(5)16/h6-7H,1-5H3/t18-/m1/s1. The molecule has 0 spiro atoms. The molecule has 0 aromatic heterocycles. The van der Waals surface area contributed by atoms with Gasteiger partial charge in [0, 0.05) is 12.3 Å². The van der Waals surface area contributed by atoms with Crippen LogP contribution in [-0.4, -0.2) is 22.5 Å². The van der Waals surface area contributed by atoms with Gasteiger partial charge in [0.2, 0.25) is 5.75 Å². The molecule has 0 amide bonds. The fraction of sp³-hybridized carbons (Fsp3) is 0.500. The molecule has 0 aliphatic carbocycles. The van der Waals surface area contributed by atoms with E-state index in [-0.39, 0.29) is 16.9 Å². The molecule has 1 atom stereocenters. The van der Waals surface area contributed by atoms with Crippen LogP contribution in [0, 0.1) is 10.1 Å². The van der Waals surface area contributed by atoms with Crippen LogP contribution in [0.2, 0.25) is 0 Å². The Morgan fingerprint density at radius 2 is 1.89 bits per heavy atom. The van der Waals surface area contributed by atoms with Gasteiger partial charge in [-0.1, -0.05) is 20.8 Å². The largest absolute Gasteiger partial charge is 0.489 e. The van der Waals surface area contributed by atoms with Gasteiger partial charge in [0.15, 0.2) is 0 Å². The predicted molar refractivity (Wildman–Crippen MR) is 70.7 cm³/mol. The average molecular weight is 271 g/mol.